The van der Waals surface area contributed by atoms with E-state index in [-0.39, 0.29) is 11.6 Å². The molecule has 2 fully saturated rings. The number of carbonyl (C=O) groups is 1. The summed E-state index contributed by atoms with van der Waals surface area (Å²) in [5.41, 5.74) is 8.32. The number of rotatable bonds is 6. The standard InChI is InChI=1S/C22H30FN7O/c1-29-8-10-30(11-9-29)16-4-2-15(3-5-16)27-21-12-20(17(13-26-21)22(24)31)28-19-6-7-25-14-18(19)23/h2-5,12-13,18-19,25H,6-11,14H2,1H3,(H2,24,31)(H2,26,27,28)/t18-,19+/m0/s1. The number of aromatic nitrogens is 1. The highest BCUT2D eigenvalue weighted by molar-refractivity contribution is 5.98. The number of halogens is 1. The number of hydrogen-bond donors (Lipinski definition) is 4. The zero-order valence-corrected chi connectivity index (χ0v) is 17.8. The Morgan fingerprint density at radius 3 is 2.65 bits per heavy atom. The van der Waals surface area contributed by atoms with Gasteiger partial charge in [-0.2, -0.15) is 0 Å². The first-order valence-electron chi connectivity index (χ1n) is 10.7. The van der Waals surface area contributed by atoms with Crippen molar-refractivity contribution in [2.75, 3.05) is 61.8 Å². The van der Waals surface area contributed by atoms with Gasteiger partial charge in [-0.25, -0.2) is 9.37 Å². The molecule has 2 saturated heterocycles. The number of amides is 1. The van der Waals surface area contributed by atoms with Gasteiger partial charge in [-0.3, -0.25) is 4.79 Å². The van der Waals surface area contributed by atoms with E-state index in [0.717, 1.165) is 38.4 Å². The molecule has 0 unspecified atom stereocenters. The van der Waals surface area contributed by atoms with Gasteiger partial charge in [-0.15, -0.1) is 0 Å². The fourth-order valence-corrected chi connectivity index (χ4v) is 3.99. The Hall–Kier alpha value is -2.91. The Labute approximate surface area is 182 Å². The van der Waals surface area contributed by atoms with Crippen LogP contribution < -0.4 is 26.6 Å². The molecule has 2 aromatic rings. The van der Waals surface area contributed by atoms with Crippen LogP contribution in [0.3, 0.4) is 0 Å². The number of piperidine rings is 1. The highest BCUT2D eigenvalue weighted by atomic mass is 19.1. The predicted molar refractivity (Wildman–Crippen MR) is 122 cm³/mol. The monoisotopic (exact) mass is 427 g/mol. The zero-order chi connectivity index (χ0) is 21.8. The van der Waals surface area contributed by atoms with Crippen LogP contribution in [0.5, 0.6) is 0 Å². The summed E-state index contributed by atoms with van der Waals surface area (Å²) in [6.45, 7) is 5.16. The molecule has 0 aliphatic carbocycles. The molecule has 2 aliphatic heterocycles. The Morgan fingerprint density at radius 1 is 1.23 bits per heavy atom. The molecule has 1 aromatic carbocycles. The van der Waals surface area contributed by atoms with Crippen LogP contribution in [-0.2, 0) is 0 Å². The van der Waals surface area contributed by atoms with Crippen LogP contribution in [0.4, 0.5) is 27.3 Å². The van der Waals surface area contributed by atoms with Crippen molar-refractivity contribution in [1.29, 1.82) is 0 Å². The average Bonchev–Trinajstić information content (AvgIpc) is 2.76. The number of nitrogens with two attached hydrogens (primary N) is 1. The van der Waals surface area contributed by atoms with Crippen molar-refractivity contribution in [2.45, 2.75) is 18.6 Å². The highest BCUT2D eigenvalue weighted by Gasteiger charge is 2.25. The third-order valence-electron chi connectivity index (χ3n) is 5.93. The van der Waals surface area contributed by atoms with Crippen LogP contribution in [0.2, 0.25) is 0 Å². The number of nitrogens with zero attached hydrogens (tertiary/aromatic N) is 3. The Balaban J connectivity index is 1.47. The average molecular weight is 428 g/mol. The van der Waals surface area contributed by atoms with Gasteiger partial charge in [-0.1, -0.05) is 0 Å². The van der Waals surface area contributed by atoms with E-state index >= 15 is 0 Å². The minimum absolute atomic E-state index is 0.252. The minimum Gasteiger partial charge on any atom is -0.378 e. The fraction of sp³-hybridized carbons (Fsp3) is 0.455. The van der Waals surface area contributed by atoms with Gasteiger partial charge in [0.25, 0.3) is 5.91 Å². The lowest BCUT2D eigenvalue weighted by atomic mass is 10.0. The molecular formula is C22H30FN7O. The number of anilines is 4. The second-order valence-corrected chi connectivity index (χ2v) is 8.20. The molecule has 0 bridgehead atoms. The van der Waals surface area contributed by atoms with Gasteiger partial charge >= 0.3 is 0 Å². The minimum atomic E-state index is -1.04. The lowest BCUT2D eigenvalue weighted by Gasteiger charge is -2.34. The van der Waals surface area contributed by atoms with Crippen molar-refractivity contribution in [1.82, 2.24) is 15.2 Å². The molecule has 2 aliphatic rings. The molecule has 9 heteroatoms. The molecule has 8 nitrogen and oxygen atoms in total. The van der Waals surface area contributed by atoms with E-state index in [9.17, 15) is 9.18 Å². The normalized spacial score (nSPS) is 22.2. The number of nitrogens with one attached hydrogen (secondary N) is 3. The van der Waals surface area contributed by atoms with Crippen molar-refractivity contribution < 1.29 is 9.18 Å². The van der Waals surface area contributed by atoms with Crippen LogP contribution in [0.15, 0.2) is 36.5 Å². The van der Waals surface area contributed by atoms with Gasteiger partial charge in [0.2, 0.25) is 0 Å². The SMILES string of the molecule is CN1CCN(c2ccc(Nc3cc(N[C@@H]4CCNC[C@@H]4F)c(C(N)=O)cn3)cc2)CC1. The van der Waals surface area contributed by atoms with Gasteiger partial charge in [0.1, 0.15) is 12.0 Å². The quantitative estimate of drug-likeness (QED) is 0.558. The number of primary amides is 1. The van der Waals surface area contributed by atoms with Crippen LogP contribution >= 0.6 is 0 Å². The van der Waals surface area contributed by atoms with Crippen LogP contribution in [0.25, 0.3) is 0 Å². The van der Waals surface area contributed by atoms with Crippen LogP contribution in [-0.4, -0.2) is 74.3 Å². The summed E-state index contributed by atoms with van der Waals surface area (Å²) >= 11 is 0. The largest absolute Gasteiger partial charge is 0.378 e. The molecule has 0 spiro atoms. The maximum absolute atomic E-state index is 14.2. The topological polar surface area (TPSA) is 98.5 Å². The lowest BCUT2D eigenvalue weighted by molar-refractivity contribution is 0.100. The van der Waals surface area contributed by atoms with Crippen molar-refractivity contribution in [3.63, 3.8) is 0 Å². The van der Waals surface area contributed by atoms with Gasteiger partial charge in [0, 0.05) is 56.4 Å². The summed E-state index contributed by atoms with van der Waals surface area (Å²) in [4.78, 5) is 20.8. The number of carbonyl (C=O) groups excluding carboxylic acids is 1. The van der Waals surface area contributed by atoms with Crippen molar-refractivity contribution in [3.8, 4) is 0 Å². The molecule has 4 rings (SSSR count). The van der Waals surface area contributed by atoms with E-state index in [1.54, 1.807) is 6.07 Å². The number of hydrogen-bond acceptors (Lipinski definition) is 7. The molecular weight excluding hydrogens is 397 g/mol. The van der Waals surface area contributed by atoms with E-state index in [2.05, 4.69) is 49.9 Å². The molecule has 1 amide bonds. The molecule has 3 heterocycles. The second-order valence-electron chi connectivity index (χ2n) is 8.20. The maximum atomic E-state index is 14.2. The summed E-state index contributed by atoms with van der Waals surface area (Å²) in [5.74, 6) is -0.0355. The third-order valence-corrected chi connectivity index (χ3v) is 5.93. The molecule has 2 atom stereocenters. The van der Waals surface area contributed by atoms with Gasteiger partial charge < -0.3 is 31.5 Å². The van der Waals surface area contributed by atoms with E-state index in [1.165, 1.54) is 11.9 Å². The van der Waals surface area contributed by atoms with E-state index in [4.69, 9.17) is 5.73 Å². The number of piperazine rings is 1. The van der Waals surface area contributed by atoms with Crippen LogP contribution in [0, 0.1) is 0 Å². The summed E-state index contributed by atoms with van der Waals surface area (Å²) in [7, 11) is 2.14. The Kier molecular flexibility index (Phi) is 6.53. The summed E-state index contributed by atoms with van der Waals surface area (Å²) in [6.07, 6.45) is 1.01. The molecule has 1 aromatic heterocycles. The third kappa shape index (κ3) is 5.23. The van der Waals surface area contributed by atoms with E-state index in [0.29, 0.717) is 24.5 Å². The van der Waals surface area contributed by atoms with E-state index in [1.807, 2.05) is 12.1 Å². The smallest absolute Gasteiger partial charge is 0.252 e. The molecule has 31 heavy (non-hydrogen) atoms. The summed E-state index contributed by atoms with van der Waals surface area (Å²) in [5, 5.41) is 9.44. The lowest BCUT2D eigenvalue weighted by Crippen LogP contribution is -2.45. The first-order chi connectivity index (χ1) is 15.0. The molecule has 0 radical (unpaired) electrons. The second kappa shape index (κ2) is 9.49. The summed E-state index contributed by atoms with van der Waals surface area (Å²) < 4.78 is 14.2. The number of pyridine rings is 1. The molecule has 5 N–H and O–H groups in total. The van der Waals surface area contributed by atoms with Crippen molar-refractivity contribution in [2.24, 2.45) is 5.73 Å². The van der Waals surface area contributed by atoms with Crippen LogP contribution in [0.1, 0.15) is 16.8 Å². The van der Waals surface area contributed by atoms with Gasteiger partial charge in [-0.05, 0) is 44.3 Å². The van der Waals surface area contributed by atoms with Gasteiger partial charge in [0.15, 0.2) is 0 Å². The zero-order valence-electron chi connectivity index (χ0n) is 17.8. The fourth-order valence-electron chi connectivity index (χ4n) is 3.99. The summed E-state index contributed by atoms with van der Waals surface area (Å²) in [6, 6.07) is 9.53. The van der Waals surface area contributed by atoms with Gasteiger partial charge in [0.05, 0.1) is 17.3 Å². The first kappa shape index (κ1) is 21.3. The van der Waals surface area contributed by atoms with Crippen molar-refractivity contribution >= 4 is 28.8 Å². The Morgan fingerprint density at radius 2 is 1.97 bits per heavy atom. The number of alkyl halides is 1. The predicted octanol–water partition coefficient (Wildman–Crippen LogP) is 1.79. The van der Waals surface area contributed by atoms with Crippen molar-refractivity contribution in [3.05, 3.63) is 42.1 Å². The Bertz CT molecular complexity index is 899. The first-order valence-corrected chi connectivity index (χ1v) is 10.7. The highest BCUT2D eigenvalue weighted by Crippen LogP contribution is 2.26. The number of benzene rings is 1. The molecule has 0 saturated carbocycles. The maximum Gasteiger partial charge on any atom is 0.252 e. The molecule has 166 valence electrons. The number of likely N-dealkylation sites (N-methyl/N-ethyl adjacent to an activating group) is 1. The van der Waals surface area contributed by atoms with E-state index < -0.39 is 12.1 Å².